The van der Waals surface area contributed by atoms with Crippen molar-refractivity contribution in [1.29, 1.82) is 0 Å². The first kappa shape index (κ1) is 16.5. The highest BCUT2D eigenvalue weighted by Crippen LogP contribution is 2.24. The Hall–Kier alpha value is -1.95. The fourth-order valence-corrected chi connectivity index (χ4v) is 3.98. The van der Waals surface area contributed by atoms with Crippen LogP contribution in [0.3, 0.4) is 0 Å². The van der Waals surface area contributed by atoms with Gasteiger partial charge in [-0.15, -0.1) is 0 Å². The van der Waals surface area contributed by atoms with Crippen molar-refractivity contribution in [3.05, 3.63) is 45.5 Å². The summed E-state index contributed by atoms with van der Waals surface area (Å²) in [5.74, 6) is 1.82. The van der Waals surface area contributed by atoms with Crippen molar-refractivity contribution in [1.82, 2.24) is 19.7 Å². The number of rotatable bonds is 5. The maximum atomic E-state index is 12.3. The molecule has 25 heavy (non-hydrogen) atoms. The number of hydrogen-bond acceptors (Lipinski definition) is 5. The van der Waals surface area contributed by atoms with E-state index in [4.69, 9.17) is 4.42 Å². The van der Waals surface area contributed by atoms with Gasteiger partial charge in [0.1, 0.15) is 5.76 Å². The quantitative estimate of drug-likeness (QED) is 0.835. The molecule has 1 aliphatic heterocycles. The maximum Gasteiger partial charge on any atom is 0.267 e. The first-order valence-corrected chi connectivity index (χ1v) is 9.34. The number of aromatic nitrogens is 3. The molecule has 0 bridgehead atoms. The Balaban J connectivity index is 1.36. The summed E-state index contributed by atoms with van der Waals surface area (Å²) < 4.78 is 7.18. The highest BCUT2D eigenvalue weighted by Gasteiger charge is 2.29. The van der Waals surface area contributed by atoms with E-state index in [0.717, 1.165) is 61.7 Å². The van der Waals surface area contributed by atoms with Gasteiger partial charge in [-0.3, -0.25) is 9.69 Å². The van der Waals surface area contributed by atoms with Gasteiger partial charge in [-0.1, -0.05) is 13.8 Å². The van der Waals surface area contributed by atoms with Crippen molar-refractivity contribution in [2.45, 2.75) is 58.5 Å². The first-order valence-electron chi connectivity index (χ1n) is 9.34. The topological polar surface area (TPSA) is 64.2 Å². The van der Waals surface area contributed by atoms with Crippen LogP contribution in [-0.2, 0) is 25.9 Å². The van der Waals surface area contributed by atoms with Crippen LogP contribution in [-0.4, -0.2) is 32.8 Å². The molecular weight excluding hydrogens is 316 g/mol. The predicted molar refractivity (Wildman–Crippen MR) is 94.5 cm³/mol. The van der Waals surface area contributed by atoms with Gasteiger partial charge in [0.2, 0.25) is 0 Å². The van der Waals surface area contributed by atoms with Crippen LogP contribution in [0.1, 0.15) is 55.3 Å². The second-order valence-corrected chi connectivity index (χ2v) is 7.72. The number of hydrogen-bond donors (Lipinski definition) is 0. The molecule has 134 valence electrons. The minimum absolute atomic E-state index is 0.0534. The van der Waals surface area contributed by atoms with E-state index >= 15 is 0 Å². The van der Waals surface area contributed by atoms with Gasteiger partial charge in [0.25, 0.3) is 5.56 Å². The Kier molecular flexibility index (Phi) is 4.46. The minimum Gasteiger partial charge on any atom is -0.448 e. The molecule has 0 radical (unpaired) electrons. The standard InChI is InChI=1S/C19H26N4O2/c1-13(2)19-17(20-12-25-19)11-22-8-14(9-22)10-23-18(24)7-15-5-3-4-6-16(15)21-23/h7,12-14H,3-6,8-11H2,1-2H3. The van der Waals surface area contributed by atoms with E-state index in [2.05, 4.69) is 28.8 Å². The van der Waals surface area contributed by atoms with Crippen LogP contribution in [0.4, 0.5) is 0 Å². The summed E-state index contributed by atoms with van der Waals surface area (Å²) in [4.78, 5) is 19.0. The zero-order valence-corrected chi connectivity index (χ0v) is 15.1. The molecule has 0 unspecified atom stereocenters. The lowest BCUT2D eigenvalue weighted by atomic mass is 9.96. The molecule has 6 nitrogen and oxygen atoms in total. The van der Waals surface area contributed by atoms with Crippen molar-refractivity contribution in [3.8, 4) is 0 Å². The van der Waals surface area contributed by atoms with Crippen LogP contribution in [0.5, 0.6) is 0 Å². The lowest BCUT2D eigenvalue weighted by Gasteiger charge is -2.39. The molecule has 3 heterocycles. The molecule has 6 heteroatoms. The van der Waals surface area contributed by atoms with Gasteiger partial charge < -0.3 is 4.42 Å². The van der Waals surface area contributed by atoms with E-state index in [1.54, 1.807) is 11.1 Å². The number of likely N-dealkylation sites (tertiary alicyclic amines) is 1. The maximum absolute atomic E-state index is 12.3. The van der Waals surface area contributed by atoms with Crippen molar-refractivity contribution in [2.75, 3.05) is 13.1 Å². The molecule has 0 saturated carbocycles. The number of oxazole rings is 1. The molecule has 2 aliphatic rings. The molecule has 2 aromatic heterocycles. The van der Waals surface area contributed by atoms with E-state index in [-0.39, 0.29) is 5.56 Å². The van der Waals surface area contributed by atoms with Crippen LogP contribution in [0.2, 0.25) is 0 Å². The summed E-state index contributed by atoms with van der Waals surface area (Å²) in [6.07, 6.45) is 5.92. The van der Waals surface area contributed by atoms with Gasteiger partial charge in [-0.2, -0.15) is 5.10 Å². The van der Waals surface area contributed by atoms with Crippen LogP contribution < -0.4 is 5.56 Å². The van der Waals surface area contributed by atoms with Gasteiger partial charge in [-0.25, -0.2) is 9.67 Å². The number of nitrogens with zero attached hydrogens (tertiary/aromatic N) is 4. The molecule has 1 fully saturated rings. The zero-order valence-electron chi connectivity index (χ0n) is 15.1. The minimum atomic E-state index is 0.0534. The largest absolute Gasteiger partial charge is 0.448 e. The Bertz CT molecular complexity index is 802. The van der Waals surface area contributed by atoms with Crippen LogP contribution in [0.15, 0.2) is 21.7 Å². The van der Waals surface area contributed by atoms with Gasteiger partial charge in [-0.05, 0) is 31.2 Å². The fraction of sp³-hybridized carbons (Fsp3) is 0.632. The third-order valence-corrected chi connectivity index (χ3v) is 5.31. The van der Waals surface area contributed by atoms with Gasteiger partial charge in [0, 0.05) is 37.5 Å². The predicted octanol–water partition coefficient (Wildman–Crippen LogP) is 2.37. The van der Waals surface area contributed by atoms with E-state index < -0.39 is 0 Å². The van der Waals surface area contributed by atoms with Crippen molar-refractivity contribution in [3.63, 3.8) is 0 Å². The summed E-state index contributed by atoms with van der Waals surface area (Å²) in [6.45, 7) is 7.75. The average Bonchev–Trinajstić information content (AvgIpc) is 3.01. The highest BCUT2D eigenvalue weighted by molar-refractivity contribution is 5.20. The molecule has 1 aliphatic carbocycles. The second kappa shape index (κ2) is 6.75. The Morgan fingerprint density at radius 3 is 2.88 bits per heavy atom. The molecule has 0 spiro atoms. The Morgan fingerprint density at radius 1 is 1.28 bits per heavy atom. The Labute approximate surface area is 147 Å². The summed E-state index contributed by atoms with van der Waals surface area (Å²) in [5, 5.41) is 4.63. The molecule has 1 saturated heterocycles. The first-order chi connectivity index (χ1) is 12.1. The lowest BCUT2D eigenvalue weighted by molar-refractivity contribution is 0.0747. The van der Waals surface area contributed by atoms with Crippen molar-refractivity contribution >= 4 is 0 Å². The third-order valence-electron chi connectivity index (χ3n) is 5.31. The number of fused-ring (bicyclic) bond motifs is 1. The molecular formula is C19H26N4O2. The van der Waals surface area contributed by atoms with Gasteiger partial charge in [0.05, 0.1) is 17.9 Å². The molecule has 0 aromatic carbocycles. The van der Waals surface area contributed by atoms with Crippen LogP contribution >= 0.6 is 0 Å². The van der Waals surface area contributed by atoms with Crippen LogP contribution in [0.25, 0.3) is 0 Å². The van der Waals surface area contributed by atoms with E-state index in [1.165, 1.54) is 12.8 Å². The smallest absolute Gasteiger partial charge is 0.267 e. The van der Waals surface area contributed by atoms with Crippen molar-refractivity contribution in [2.24, 2.45) is 5.92 Å². The molecule has 0 atom stereocenters. The normalized spacial score (nSPS) is 18.4. The van der Waals surface area contributed by atoms with E-state index in [0.29, 0.717) is 11.8 Å². The molecule has 0 N–H and O–H groups in total. The molecule has 2 aromatic rings. The van der Waals surface area contributed by atoms with Crippen LogP contribution in [0, 0.1) is 5.92 Å². The van der Waals surface area contributed by atoms with E-state index in [9.17, 15) is 4.79 Å². The summed E-state index contributed by atoms with van der Waals surface area (Å²) >= 11 is 0. The van der Waals surface area contributed by atoms with Gasteiger partial charge >= 0.3 is 0 Å². The monoisotopic (exact) mass is 342 g/mol. The lowest BCUT2D eigenvalue weighted by Crippen LogP contribution is -2.49. The zero-order chi connectivity index (χ0) is 17.4. The van der Waals surface area contributed by atoms with E-state index in [1.807, 2.05) is 6.07 Å². The SMILES string of the molecule is CC(C)c1ocnc1CN1CC(Cn2nc3c(cc2=O)CCCC3)C1. The fourth-order valence-electron chi connectivity index (χ4n) is 3.98. The third kappa shape index (κ3) is 3.40. The summed E-state index contributed by atoms with van der Waals surface area (Å²) in [6, 6.07) is 1.81. The second-order valence-electron chi connectivity index (χ2n) is 7.72. The molecule has 0 amide bonds. The molecule has 4 rings (SSSR count). The number of aryl methyl sites for hydroxylation is 2. The highest BCUT2D eigenvalue weighted by atomic mass is 16.3. The van der Waals surface area contributed by atoms with Crippen molar-refractivity contribution < 1.29 is 4.42 Å². The summed E-state index contributed by atoms with van der Waals surface area (Å²) in [7, 11) is 0. The average molecular weight is 342 g/mol. The summed E-state index contributed by atoms with van der Waals surface area (Å²) in [5.41, 5.74) is 3.39. The van der Waals surface area contributed by atoms with Gasteiger partial charge in [0.15, 0.2) is 6.39 Å². The Morgan fingerprint density at radius 2 is 2.08 bits per heavy atom.